The van der Waals surface area contributed by atoms with Crippen molar-refractivity contribution in [2.24, 2.45) is 0 Å². The lowest BCUT2D eigenvalue weighted by molar-refractivity contribution is -0.0767. The lowest BCUT2D eigenvalue weighted by atomic mass is 10.1. The van der Waals surface area contributed by atoms with Crippen molar-refractivity contribution in [1.29, 1.82) is 0 Å². The lowest BCUT2D eigenvalue weighted by Gasteiger charge is -2.43. The molecule has 0 radical (unpaired) electrons. The molecule has 1 fully saturated rings. The fourth-order valence-electron chi connectivity index (χ4n) is 4.01. The number of nitrogen functional groups attached to an aromatic ring is 1. The van der Waals surface area contributed by atoms with Crippen LogP contribution in [0.1, 0.15) is 51.9 Å². The SMILES string of the molecule is CCCCCCCC[Si](C)(C)[C@]1(n2cnc(N)nc2=O)C[C@H](O)[C@@H](CO)O1. The monoisotopic (exact) mass is 398 g/mol. The molecule has 0 spiro atoms. The second kappa shape index (κ2) is 9.27. The Morgan fingerprint density at radius 3 is 2.59 bits per heavy atom. The highest BCUT2D eigenvalue weighted by molar-refractivity contribution is 6.79. The summed E-state index contributed by atoms with van der Waals surface area (Å²) < 4.78 is 7.58. The van der Waals surface area contributed by atoms with Crippen molar-refractivity contribution in [3.8, 4) is 0 Å². The van der Waals surface area contributed by atoms with Gasteiger partial charge in [0.25, 0.3) is 0 Å². The van der Waals surface area contributed by atoms with Crippen molar-refractivity contribution in [3.05, 3.63) is 16.8 Å². The van der Waals surface area contributed by atoms with Gasteiger partial charge >= 0.3 is 5.69 Å². The minimum absolute atomic E-state index is 0.0842. The van der Waals surface area contributed by atoms with Gasteiger partial charge < -0.3 is 20.7 Å². The molecule has 2 heterocycles. The topological polar surface area (TPSA) is 123 Å². The molecule has 27 heavy (non-hydrogen) atoms. The summed E-state index contributed by atoms with van der Waals surface area (Å²) in [5.74, 6) is -0.0842. The van der Waals surface area contributed by atoms with Crippen molar-refractivity contribution in [2.75, 3.05) is 12.3 Å². The average molecular weight is 399 g/mol. The molecule has 4 N–H and O–H groups in total. The molecule has 0 bridgehead atoms. The zero-order chi connectivity index (χ0) is 20.1. The molecule has 0 unspecified atom stereocenters. The van der Waals surface area contributed by atoms with Gasteiger partial charge in [-0.25, -0.2) is 9.78 Å². The van der Waals surface area contributed by atoms with Crippen molar-refractivity contribution in [2.45, 2.75) is 88.6 Å². The Kier molecular flexibility index (Phi) is 7.55. The van der Waals surface area contributed by atoms with Gasteiger partial charge in [-0.3, -0.25) is 4.57 Å². The number of aliphatic hydroxyl groups excluding tert-OH is 2. The Labute approximate surface area is 161 Å². The van der Waals surface area contributed by atoms with Crippen LogP contribution in [0.4, 0.5) is 5.95 Å². The molecule has 8 nitrogen and oxygen atoms in total. The Morgan fingerprint density at radius 2 is 2.00 bits per heavy atom. The third kappa shape index (κ3) is 4.76. The highest BCUT2D eigenvalue weighted by Gasteiger charge is 2.57. The van der Waals surface area contributed by atoms with E-state index in [4.69, 9.17) is 10.5 Å². The number of anilines is 1. The minimum atomic E-state index is -2.23. The summed E-state index contributed by atoms with van der Waals surface area (Å²) in [7, 11) is -2.23. The summed E-state index contributed by atoms with van der Waals surface area (Å²) in [5, 5.41) is 19.0. The molecular weight excluding hydrogens is 364 g/mol. The Bertz CT molecular complexity index is 669. The quantitative estimate of drug-likeness (QED) is 0.404. The minimum Gasteiger partial charge on any atom is -0.394 e. The first-order valence-electron chi connectivity index (χ1n) is 9.96. The number of unbranched alkanes of at least 4 members (excludes halogenated alkanes) is 5. The molecule has 1 aromatic rings. The first-order valence-corrected chi connectivity index (χ1v) is 13.2. The van der Waals surface area contributed by atoms with Gasteiger partial charge in [-0.15, -0.1) is 0 Å². The average Bonchev–Trinajstić information content (AvgIpc) is 2.96. The number of hydrogen-bond donors (Lipinski definition) is 3. The van der Waals surface area contributed by atoms with E-state index in [0.29, 0.717) is 0 Å². The van der Waals surface area contributed by atoms with Gasteiger partial charge in [-0.1, -0.05) is 64.6 Å². The van der Waals surface area contributed by atoms with Crippen molar-refractivity contribution < 1.29 is 14.9 Å². The van der Waals surface area contributed by atoms with Crippen LogP contribution < -0.4 is 11.4 Å². The zero-order valence-corrected chi connectivity index (χ0v) is 17.7. The molecule has 0 saturated carbocycles. The summed E-state index contributed by atoms with van der Waals surface area (Å²) in [6.07, 6.45) is 7.20. The summed E-state index contributed by atoms with van der Waals surface area (Å²) >= 11 is 0. The smallest absolute Gasteiger partial charge is 0.354 e. The molecule has 3 atom stereocenters. The van der Waals surface area contributed by atoms with Crippen LogP contribution in [0.5, 0.6) is 0 Å². The van der Waals surface area contributed by atoms with Gasteiger partial charge in [0, 0.05) is 6.42 Å². The van der Waals surface area contributed by atoms with Gasteiger partial charge in [-0.05, 0) is 0 Å². The maximum Gasteiger partial charge on any atom is 0.354 e. The molecule has 0 aliphatic carbocycles. The first kappa shape index (κ1) is 22.0. The number of nitrogens with two attached hydrogens (primary N) is 1. The molecule has 1 saturated heterocycles. The summed E-state index contributed by atoms with van der Waals surface area (Å²) in [4.78, 5) is 20.3. The van der Waals surface area contributed by atoms with Crippen LogP contribution in [-0.2, 0) is 10.1 Å². The highest BCUT2D eigenvalue weighted by Crippen LogP contribution is 2.44. The third-order valence-electron chi connectivity index (χ3n) is 5.76. The Morgan fingerprint density at radius 1 is 1.33 bits per heavy atom. The number of aliphatic hydroxyl groups is 2. The van der Waals surface area contributed by atoms with Gasteiger partial charge in [0.1, 0.15) is 25.9 Å². The van der Waals surface area contributed by atoms with E-state index in [-0.39, 0.29) is 19.0 Å². The van der Waals surface area contributed by atoms with Crippen LogP contribution in [-0.4, -0.2) is 51.6 Å². The van der Waals surface area contributed by atoms with Crippen LogP contribution in [0.15, 0.2) is 11.1 Å². The number of hydrogen-bond acceptors (Lipinski definition) is 7. The van der Waals surface area contributed by atoms with Gasteiger partial charge in [0.05, 0.1) is 12.7 Å². The Hall–Kier alpha value is -1.29. The number of ether oxygens (including phenoxy) is 1. The van der Waals surface area contributed by atoms with Crippen molar-refractivity contribution in [3.63, 3.8) is 0 Å². The second-order valence-corrected chi connectivity index (χ2v) is 13.2. The van der Waals surface area contributed by atoms with E-state index in [0.717, 1.165) is 18.9 Å². The molecule has 9 heteroatoms. The molecule has 1 aromatic heterocycles. The van der Waals surface area contributed by atoms with E-state index >= 15 is 0 Å². The molecule has 0 amide bonds. The molecule has 1 aliphatic heterocycles. The number of rotatable bonds is 10. The van der Waals surface area contributed by atoms with E-state index in [9.17, 15) is 15.0 Å². The molecular formula is C18H34N4O4Si. The maximum atomic E-state index is 12.6. The van der Waals surface area contributed by atoms with Crippen LogP contribution in [0, 0.1) is 0 Å². The van der Waals surface area contributed by atoms with E-state index in [1.165, 1.54) is 36.6 Å². The fraction of sp³-hybridized carbons (Fsp3) is 0.833. The van der Waals surface area contributed by atoms with Crippen LogP contribution in [0.3, 0.4) is 0 Å². The zero-order valence-electron chi connectivity index (χ0n) is 16.7. The normalized spacial score (nSPS) is 25.8. The van der Waals surface area contributed by atoms with Gasteiger partial charge in [0.2, 0.25) is 5.95 Å². The van der Waals surface area contributed by atoms with E-state index < -0.39 is 31.3 Å². The number of aromatic nitrogens is 3. The predicted octanol–water partition coefficient (Wildman–Crippen LogP) is 1.62. The first-order chi connectivity index (χ1) is 12.8. The lowest BCUT2D eigenvalue weighted by Crippen LogP contribution is -2.59. The van der Waals surface area contributed by atoms with Crippen molar-refractivity contribution in [1.82, 2.24) is 14.5 Å². The van der Waals surface area contributed by atoms with Crippen molar-refractivity contribution >= 4 is 14.0 Å². The Balaban J connectivity index is 2.26. The van der Waals surface area contributed by atoms with E-state index in [1.54, 1.807) is 0 Å². The molecule has 2 rings (SSSR count). The van der Waals surface area contributed by atoms with E-state index in [2.05, 4.69) is 30.0 Å². The predicted molar refractivity (Wildman–Crippen MR) is 107 cm³/mol. The van der Waals surface area contributed by atoms with Crippen LogP contribution in [0.2, 0.25) is 19.1 Å². The van der Waals surface area contributed by atoms with E-state index in [1.807, 2.05) is 0 Å². The van der Waals surface area contributed by atoms with Gasteiger partial charge in [-0.2, -0.15) is 4.98 Å². The third-order valence-corrected chi connectivity index (χ3v) is 10.0. The molecule has 154 valence electrons. The summed E-state index contributed by atoms with van der Waals surface area (Å²) in [6.45, 7) is 6.23. The van der Waals surface area contributed by atoms with Crippen LogP contribution >= 0.6 is 0 Å². The molecule has 1 aliphatic rings. The standard InChI is InChI=1S/C18H34N4O4Si/c1-4-5-6-7-8-9-10-27(2,3)18(11-14(24)15(12-23)26-18)22-13-20-16(19)21-17(22)25/h13-15,23-24H,4-12H2,1-3H3,(H2,19,21,25)/t14-,15+,18-/m0/s1. The second-order valence-electron chi connectivity index (χ2n) is 8.16. The highest BCUT2D eigenvalue weighted by atomic mass is 28.3. The maximum absolute atomic E-state index is 12.6. The molecule has 0 aromatic carbocycles. The largest absolute Gasteiger partial charge is 0.394 e. The summed E-state index contributed by atoms with van der Waals surface area (Å²) in [6, 6.07) is 0.945. The van der Waals surface area contributed by atoms with Gasteiger partial charge in [0.15, 0.2) is 0 Å². The number of nitrogens with zero attached hydrogens (tertiary/aromatic N) is 3. The fourth-order valence-corrected chi connectivity index (χ4v) is 7.57. The summed E-state index contributed by atoms with van der Waals surface area (Å²) in [5.41, 5.74) is 5.01. The van der Waals surface area contributed by atoms with Crippen LogP contribution in [0.25, 0.3) is 0 Å².